The highest BCUT2D eigenvalue weighted by Gasteiger charge is 2.39. The second-order valence-corrected chi connectivity index (χ2v) is 9.12. The Labute approximate surface area is 155 Å². The summed E-state index contributed by atoms with van der Waals surface area (Å²) in [6.07, 6.45) is 8.91. The van der Waals surface area contributed by atoms with Gasteiger partial charge in [0.25, 0.3) is 0 Å². The van der Waals surface area contributed by atoms with Gasteiger partial charge < -0.3 is 10.2 Å². The Hall–Kier alpha value is -0.220. The second kappa shape index (κ2) is 9.64. The van der Waals surface area contributed by atoms with Gasteiger partial charge in [0.1, 0.15) is 6.17 Å². The van der Waals surface area contributed by atoms with Gasteiger partial charge in [-0.25, -0.2) is 8.78 Å². The molecular weight excluding hydrogens is 322 g/mol. The van der Waals surface area contributed by atoms with Crippen molar-refractivity contribution in [2.24, 2.45) is 29.6 Å². The molecule has 0 aromatic carbocycles. The third kappa shape index (κ3) is 5.38. The van der Waals surface area contributed by atoms with Crippen LogP contribution in [-0.4, -0.2) is 30.5 Å². The van der Waals surface area contributed by atoms with Gasteiger partial charge in [0, 0.05) is 9.46 Å². The molecule has 0 amide bonds. The van der Waals surface area contributed by atoms with Crippen LogP contribution in [0.2, 0.25) is 0 Å². The quantitative estimate of drug-likeness (QED) is 0.623. The summed E-state index contributed by atoms with van der Waals surface area (Å²) in [7, 11) is 0. The molecule has 3 aliphatic rings. The van der Waals surface area contributed by atoms with Gasteiger partial charge in [0.2, 0.25) is 0 Å². The van der Waals surface area contributed by atoms with E-state index in [9.17, 15) is 8.78 Å². The lowest BCUT2D eigenvalue weighted by Gasteiger charge is -2.38. The molecule has 3 rings (SSSR count). The van der Waals surface area contributed by atoms with Gasteiger partial charge in [-0.15, -0.1) is 0 Å². The van der Waals surface area contributed by atoms with Gasteiger partial charge in [-0.1, -0.05) is 26.7 Å². The first-order chi connectivity index (χ1) is 11.5. The molecule has 0 saturated heterocycles. The summed E-state index contributed by atoms with van der Waals surface area (Å²) < 4.78 is 33.7. The third-order valence-corrected chi connectivity index (χ3v) is 7.27. The van der Waals surface area contributed by atoms with E-state index < -0.39 is 18.4 Å². The van der Waals surface area contributed by atoms with Crippen LogP contribution in [0.1, 0.15) is 80.9 Å². The molecule has 2 N–H and O–H groups in total. The summed E-state index contributed by atoms with van der Waals surface area (Å²) in [6, 6.07) is 0. The maximum Gasteiger partial charge on any atom is 0.157 e. The Kier molecular flexibility index (Phi) is 8.13. The molecule has 0 aliphatic heterocycles. The SMILES string of the molecule is CC1CCC(C2CCC(COC3CCC(C)C(F)C3F)CC2)CC1.O.[HH].[HH]. The Morgan fingerprint density at radius 3 is 1.92 bits per heavy atom. The van der Waals surface area contributed by atoms with Crippen molar-refractivity contribution in [3.05, 3.63) is 0 Å². The normalized spacial score (nSPS) is 45.6. The maximum absolute atomic E-state index is 14.1. The molecule has 0 radical (unpaired) electrons. The standard InChI is InChI=1S/C21H36F2O.H2O.2H2/c1-14-3-8-17(9-4-14)18-10-6-16(7-11-18)13-24-19-12-5-15(2)20(22)21(19)23;;;/h14-21H,3-13H2,1-2H3;1H2;2*1H. The van der Waals surface area contributed by atoms with Crippen molar-refractivity contribution in [1.82, 2.24) is 0 Å². The molecule has 4 atom stereocenters. The summed E-state index contributed by atoms with van der Waals surface area (Å²) in [5.41, 5.74) is 0. The van der Waals surface area contributed by atoms with Gasteiger partial charge in [-0.3, -0.25) is 0 Å². The van der Waals surface area contributed by atoms with Gasteiger partial charge in [0.05, 0.1) is 6.10 Å². The van der Waals surface area contributed by atoms with Crippen LogP contribution in [0, 0.1) is 29.6 Å². The fraction of sp³-hybridized carbons (Fsp3) is 1.00. The van der Waals surface area contributed by atoms with Crippen LogP contribution in [0.25, 0.3) is 0 Å². The first kappa shape index (κ1) is 21.1. The van der Waals surface area contributed by atoms with E-state index in [2.05, 4.69) is 6.92 Å². The highest BCUT2D eigenvalue weighted by Crippen LogP contribution is 2.41. The van der Waals surface area contributed by atoms with Crippen molar-refractivity contribution >= 4 is 0 Å². The third-order valence-electron chi connectivity index (χ3n) is 7.27. The Bertz CT molecular complexity index is 386. The van der Waals surface area contributed by atoms with Crippen molar-refractivity contribution in [3.63, 3.8) is 0 Å². The van der Waals surface area contributed by atoms with Crippen LogP contribution in [0.4, 0.5) is 8.78 Å². The number of hydrogen-bond acceptors (Lipinski definition) is 1. The highest BCUT2D eigenvalue weighted by molar-refractivity contribution is 4.88. The molecule has 0 heterocycles. The summed E-state index contributed by atoms with van der Waals surface area (Å²) in [5, 5.41) is 0. The molecule has 3 aliphatic carbocycles. The largest absolute Gasteiger partial charge is 0.412 e. The highest BCUT2D eigenvalue weighted by atomic mass is 19.2. The van der Waals surface area contributed by atoms with Crippen LogP contribution in [0.15, 0.2) is 0 Å². The molecule has 2 nitrogen and oxygen atoms in total. The smallest absolute Gasteiger partial charge is 0.157 e. The minimum atomic E-state index is -1.42. The van der Waals surface area contributed by atoms with Gasteiger partial charge in [0.15, 0.2) is 6.17 Å². The van der Waals surface area contributed by atoms with Crippen molar-refractivity contribution in [2.45, 2.75) is 96.5 Å². The van der Waals surface area contributed by atoms with Gasteiger partial charge >= 0.3 is 0 Å². The maximum atomic E-state index is 14.1. The van der Waals surface area contributed by atoms with E-state index in [0.717, 1.165) is 24.2 Å². The lowest BCUT2D eigenvalue weighted by molar-refractivity contribution is -0.0840. The number of rotatable bonds is 4. The lowest BCUT2D eigenvalue weighted by atomic mass is 9.69. The monoisotopic (exact) mass is 364 g/mol. The average Bonchev–Trinajstić information content (AvgIpc) is 2.60. The minimum absolute atomic E-state index is 0. The summed E-state index contributed by atoms with van der Waals surface area (Å²) >= 11 is 0. The first-order valence-corrected chi connectivity index (χ1v) is 10.4. The first-order valence-electron chi connectivity index (χ1n) is 10.4. The van der Waals surface area contributed by atoms with Crippen LogP contribution in [-0.2, 0) is 4.74 Å². The van der Waals surface area contributed by atoms with E-state index >= 15 is 0 Å². The predicted octanol–water partition coefficient (Wildman–Crippen LogP) is 5.78. The van der Waals surface area contributed by atoms with E-state index in [1.165, 1.54) is 51.4 Å². The van der Waals surface area contributed by atoms with E-state index in [0.29, 0.717) is 18.9 Å². The zero-order valence-electron chi connectivity index (χ0n) is 16.1. The molecule has 4 unspecified atom stereocenters. The number of alkyl halides is 2. The van der Waals surface area contributed by atoms with E-state index in [1.807, 2.05) is 0 Å². The van der Waals surface area contributed by atoms with Crippen molar-refractivity contribution in [1.29, 1.82) is 0 Å². The Morgan fingerprint density at radius 2 is 1.32 bits per heavy atom. The summed E-state index contributed by atoms with van der Waals surface area (Å²) in [5.74, 6) is 3.19. The predicted molar refractivity (Wildman–Crippen MR) is 102 cm³/mol. The van der Waals surface area contributed by atoms with Crippen molar-refractivity contribution < 1.29 is 21.8 Å². The number of ether oxygens (including phenoxy) is 1. The lowest BCUT2D eigenvalue weighted by Crippen LogP contribution is -2.42. The molecule has 25 heavy (non-hydrogen) atoms. The van der Waals surface area contributed by atoms with Crippen molar-refractivity contribution in [3.8, 4) is 0 Å². The summed E-state index contributed by atoms with van der Waals surface area (Å²) in [6.45, 7) is 4.83. The molecule has 3 fully saturated rings. The van der Waals surface area contributed by atoms with Crippen molar-refractivity contribution in [2.75, 3.05) is 6.61 Å². The topological polar surface area (TPSA) is 40.7 Å². The van der Waals surface area contributed by atoms with E-state index in [1.54, 1.807) is 6.92 Å². The molecule has 0 aromatic heterocycles. The van der Waals surface area contributed by atoms with Crippen LogP contribution in [0.5, 0.6) is 0 Å². The molecule has 0 spiro atoms. The van der Waals surface area contributed by atoms with Crippen LogP contribution < -0.4 is 0 Å². The number of halogens is 2. The molecule has 3 saturated carbocycles. The Balaban J connectivity index is 0.00000225. The van der Waals surface area contributed by atoms with Crippen LogP contribution in [0.3, 0.4) is 0 Å². The fourth-order valence-corrected chi connectivity index (χ4v) is 5.28. The van der Waals surface area contributed by atoms with E-state index in [-0.39, 0.29) is 14.2 Å². The Morgan fingerprint density at radius 1 is 0.760 bits per heavy atom. The van der Waals surface area contributed by atoms with Gasteiger partial charge in [-0.05, 0) is 81.0 Å². The zero-order valence-corrected chi connectivity index (χ0v) is 16.1. The zero-order chi connectivity index (χ0) is 17.1. The molecule has 0 bridgehead atoms. The molecule has 4 heteroatoms. The average molecular weight is 365 g/mol. The van der Waals surface area contributed by atoms with Gasteiger partial charge in [-0.2, -0.15) is 0 Å². The molecule has 0 aromatic rings. The number of hydrogen-bond donors (Lipinski definition) is 0. The minimum Gasteiger partial charge on any atom is -0.412 e. The summed E-state index contributed by atoms with van der Waals surface area (Å²) in [4.78, 5) is 0. The van der Waals surface area contributed by atoms with Crippen LogP contribution >= 0.6 is 0 Å². The second-order valence-electron chi connectivity index (χ2n) is 9.12. The van der Waals surface area contributed by atoms with E-state index in [4.69, 9.17) is 4.74 Å². The molecule has 152 valence electrons. The fourth-order valence-electron chi connectivity index (χ4n) is 5.28. The molecular formula is C21H42F2O2.